The maximum absolute atomic E-state index is 10.8. The molecule has 1 atom stereocenters. The second-order valence-electron chi connectivity index (χ2n) is 2.86. The summed E-state index contributed by atoms with van der Waals surface area (Å²) >= 11 is 0. The van der Waals surface area contributed by atoms with E-state index in [1.807, 2.05) is 6.07 Å². The van der Waals surface area contributed by atoms with E-state index in [2.05, 4.69) is 0 Å². The maximum atomic E-state index is 10.8. The number of carbonyl (C=O) groups is 1. The summed E-state index contributed by atoms with van der Waals surface area (Å²) in [7, 11) is 1.50. The number of esters is 1. The molecule has 0 saturated carbocycles. The third-order valence-corrected chi connectivity index (χ3v) is 1.82. The van der Waals surface area contributed by atoms with Crippen molar-refractivity contribution < 1.29 is 14.3 Å². The Hall–Kier alpha value is -2.02. The highest BCUT2D eigenvalue weighted by Gasteiger charge is 2.17. The fourth-order valence-electron chi connectivity index (χ4n) is 1.21. The molecular formula is C11H11NO3. The summed E-state index contributed by atoms with van der Waals surface area (Å²) in [5.74, 6) is 0.0396. The molecule has 0 unspecified atom stereocenters. The Morgan fingerprint density at radius 1 is 1.47 bits per heavy atom. The predicted molar refractivity (Wildman–Crippen MR) is 53.1 cm³/mol. The molecule has 1 aromatic carbocycles. The van der Waals surface area contributed by atoms with Gasteiger partial charge >= 0.3 is 5.97 Å². The van der Waals surface area contributed by atoms with Crippen LogP contribution >= 0.6 is 0 Å². The molecular weight excluding hydrogens is 194 g/mol. The lowest BCUT2D eigenvalue weighted by atomic mass is 10.1. The number of nitrogens with zero attached hydrogens (tertiary/aromatic N) is 1. The largest absolute Gasteiger partial charge is 0.496 e. The molecule has 0 heterocycles. The summed E-state index contributed by atoms with van der Waals surface area (Å²) in [5.41, 5.74) is 0.553. The number of ether oxygens (including phenoxy) is 2. The first kappa shape index (κ1) is 11.1. The molecule has 1 aromatic rings. The van der Waals surface area contributed by atoms with Crippen LogP contribution in [0.25, 0.3) is 0 Å². The van der Waals surface area contributed by atoms with Crippen molar-refractivity contribution in [1.82, 2.24) is 0 Å². The second-order valence-corrected chi connectivity index (χ2v) is 2.86. The van der Waals surface area contributed by atoms with Gasteiger partial charge in [0.05, 0.1) is 7.11 Å². The van der Waals surface area contributed by atoms with E-state index < -0.39 is 12.1 Å². The molecule has 0 fully saturated rings. The van der Waals surface area contributed by atoms with E-state index in [1.165, 1.54) is 14.0 Å². The van der Waals surface area contributed by atoms with Crippen molar-refractivity contribution in [3.8, 4) is 11.8 Å². The number of nitriles is 1. The first-order chi connectivity index (χ1) is 7.19. The van der Waals surface area contributed by atoms with Crippen molar-refractivity contribution in [3.63, 3.8) is 0 Å². The molecule has 78 valence electrons. The van der Waals surface area contributed by atoms with E-state index in [-0.39, 0.29) is 0 Å². The van der Waals surface area contributed by atoms with Gasteiger partial charge in [-0.15, -0.1) is 0 Å². The Balaban J connectivity index is 3.02. The van der Waals surface area contributed by atoms with Gasteiger partial charge in [-0.1, -0.05) is 18.2 Å². The molecule has 4 heteroatoms. The van der Waals surface area contributed by atoms with E-state index >= 15 is 0 Å². The van der Waals surface area contributed by atoms with Gasteiger partial charge in [0.2, 0.25) is 6.10 Å². The molecule has 4 nitrogen and oxygen atoms in total. The highest BCUT2D eigenvalue weighted by atomic mass is 16.5. The molecule has 0 aliphatic heterocycles. The molecule has 0 saturated heterocycles. The van der Waals surface area contributed by atoms with Gasteiger partial charge in [-0.25, -0.2) is 0 Å². The van der Waals surface area contributed by atoms with Gasteiger partial charge in [0.15, 0.2) is 0 Å². The quantitative estimate of drug-likeness (QED) is 0.706. The van der Waals surface area contributed by atoms with Gasteiger partial charge < -0.3 is 9.47 Å². The van der Waals surface area contributed by atoms with Crippen LogP contribution in [0.15, 0.2) is 24.3 Å². The molecule has 0 radical (unpaired) electrons. The first-order valence-electron chi connectivity index (χ1n) is 4.38. The Morgan fingerprint density at radius 3 is 2.67 bits per heavy atom. The summed E-state index contributed by atoms with van der Waals surface area (Å²) in [6, 6.07) is 8.84. The summed E-state index contributed by atoms with van der Waals surface area (Å²) in [4.78, 5) is 10.8. The number of hydrogen-bond acceptors (Lipinski definition) is 4. The zero-order valence-corrected chi connectivity index (χ0v) is 8.56. The van der Waals surface area contributed by atoms with Gasteiger partial charge in [0.1, 0.15) is 11.8 Å². The van der Waals surface area contributed by atoms with Crippen LogP contribution in [0.5, 0.6) is 5.75 Å². The number of rotatable bonds is 3. The Labute approximate surface area is 88.0 Å². The van der Waals surface area contributed by atoms with E-state index in [0.717, 1.165) is 0 Å². The molecule has 1 rings (SSSR count). The summed E-state index contributed by atoms with van der Waals surface area (Å²) in [6.45, 7) is 1.26. The van der Waals surface area contributed by atoms with Gasteiger partial charge in [0, 0.05) is 12.5 Å². The zero-order chi connectivity index (χ0) is 11.3. The molecule has 0 spiro atoms. The Morgan fingerprint density at radius 2 is 2.13 bits per heavy atom. The van der Waals surface area contributed by atoms with Crippen LogP contribution in [0, 0.1) is 11.3 Å². The van der Waals surface area contributed by atoms with Crippen molar-refractivity contribution >= 4 is 5.97 Å². The van der Waals surface area contributed by atoms with Crippen molar-refractivity contribution in [2.75, 3.05) is 7.11 Å². The van der Waals surface area contributed by atoms with Crippen molar-refractivity contribution in [3.05, 3.63) is 29.8 Å². The standard InChI is InChI=1S/C11H11NO3/c1-8(13)15-11(7-12)9-5-3-4-6-10(9)14-2/h3-6,11H,1-2H3/t11-/m1/s1. The highest BCUT2D eigenvalue weighted by Crippen LogP contribution is 2.26. The normalized spacial score (nSPS) is 11.3. The minimum absolute atomic E-state index is 0.493. The second kappa shape index (κ2) is 5.01. The lowest BCUT2D eigenvalue weighted by Crippen LogP contribution is -2.07. The number of methoxy groups -OCH3 is 1. The average Bonchev–Trinajstić information content (AvgIpc) is 2.25. The summed E-state index contributed by atoms with van der Waals surface area (Å²) in [6.07, 6.45) is -0.918. The highest BCUT2D eigenvalue weighted by molar-refractivity contribution is 5.66. The fraction of sp³-hybridized carbons (Fsp3) is 0.273. The molecule has 0 bridgehead atoms. The minimum atomic E-state index is -0.918. The zero-order valence-electron chi connectivity index (χ0n) is 8.56. The van der Waals surface area contributed by atoms with Crippen LogP contribution in [0.4, 0.5) is 0 Å². The lowest BCUT2D eigenvalue weighted by molar-refractivity contribution is -0.144. The number of carbonyl (C=O) groups excluding carboxylic acids is 1. The van der Waals surface area contributed by atoms with Crippen molar-refractivity contribution in [2.45, 2.75) is 13.0 Å². The van der Waals surface area contributed by atoms with Crippen LogP contribution in [0.2, 0.25) is 0 Å². The van der Waals surface area contributed by atoms with E-state index in [1.54, 1.807) is 24.3 Å². The topological polar surface area (TPSA) is 59.3 Å². The third-order valence-electron chi connectivity index (χ3n) is 1.82. The molecule has 15 heavy (non-hydrogen) atoms. The summed E-state index contributed by atoms with van der Waals surface area (Å²) < 4.78 is 9.92. The predicted octanol–water partition coefficient (Wildman–Crippen LogP) is 1.82. The maximum Gasteiger partial charge on any atom is 0.304 e. The van der Waals surface area contributed by atoms with Crippen LogP contribution in [-0.2, 0) is 9.53 Å². The third kappa shape index (κ3) is 2.71. The summed E-state index contributed by atoms with van der Waals surface area (Å²) in [5, 5.41) is 8.87. The Kier molecular flexibility index (Phi) is 3.69. The van der Waals surface area contributed by atoms with E-state index in [4.69, 9.17) is 14.7 Å². The number of para-hydroxylation sites is 1. The monoisotopic (exact) mass is 205 g/mol. The molecule has 0 amide bonds. The Bertz CT molecular complexity index is 395. The van der Waals surface area contributed by atoms with Crippen molar-refractivity contribution in [2.24, 2.45) is 0 Å². The average molecular weight is 205 g/mol. The smallest absolute Gasteiger partial charge is 0.304 e. The fourth-order valence-corrected chi connectivity index (χ4v) is 1.21. The molecule has 0 N–H and O–H groups in total. The van der Waals surface area contributed by atoms with Crippen LogP contribution in [-0.4, -0.2) is 13.1 Å². The van der Waals surface area contributed by atoms with E-state index in [9.17, 15) is 4.79 Å². The van der Waals surface area contributed by atoms with Gasteiger partial charge in [-0.05, 0) is 6.07 Å². The van der Waals surface area contributed by atoms with Gasteiger partial charge in [-0.3, -0.25) is 4.79 Å². The van der Waals surface area contributed by atoms with Gasteiger partial charge in [0.25, 0.3) is 0 Å². The molecule has 0 aromatic heterocycles. The lowest BCUT2D eigenvalue weighted by Gasteiger charge is -2.12. The SMILES string of the molecule is COc1ccccc1[C@@H](C#N)OC(C)=O. The first-order valence-corrected chi connectivity index (χ1v) is 4.38. The van der Waals surface area contributed by atoms with Crippen LogP contribution in [0.1, 0.15) is 18.6 Å². The van der Waals surface area contributed by atoms with E-state index in [0.29, 0.717) is 11.3 Å². The minimum Gasteiger partial charge on any atom is -0.496 e. The van der Waals surface area contributed by atoms with Crippen molar-refractivity contribution in [1.29, 1.82) is 5.26 Å². The van der Waals surface area contributed by atoms with Gasteiger partial charge in [-0.2, -0.15) is 5.26 Å². The molecule has 0 aliphatic carbocycles. The number of hydrogen-bond donors (Lipinski definition) is 0. The molecule has 0 aliphatic rings. The number of benzene rings is 1. The van der Waals surface area contributed by atoms with Crippen LogP contribution in [0.3, 0.4) is 0 Å². The van der Waals surface area contributed by atoms with Crippen LogP contribution < -0.4 is 4.74 Å².